The molecule has 6 heteroatoms. The van der Waals surface area contributed by atoms with Crippen LogP contribution in [0.25, 0.3) is 22.6 Å². The van der Waals surface area contributed by atoms with Gasteiger partial charge in [-0.05, 0) is 36.4 Å². The molecule has 0 aliphatic carbocycles. The molecule has 2 aromatic carbocycles. The number of carbonyl (C=O) groups is 1. The minimum Gasteiger partial charge on any atom is -0.436 e. The summed E-state index contributed by atoms with van der Waals surface area (Å²) in [6.45, 7) is 0. The van der Waals surface area contributed by atoms with Crippen molar-refractivity contribution in [2.24, 2.45) is 0 Å². The maximum absolute atomic E-state index is 11.5. The Morgan fingerprint density at radius 3 is 3.00 bits per heavy atom. The summed E-state index contributed by atoms with van der Waals surface area (Å²) in [7, 11) is 0. The van der Waals surface area contributed by atoms with E-state index in [1.54, 1.807) is 42.5 Å². The van der Waals surface area contributed by atoms with Gasteiger partial charge in [-0.2, -0.15) is 5.26 Å². The number of fused-ring (bicyclic) bond motifs is 1. The van der Waals surface area contributed by atoms with Gasteiger partial charge in [-0.3, -0.25) is 4.79 Å². The van der Waals surface area contributed by atoms with E-state index < -0.39 is 0 Å². The lowest BCUT2D eigenvalue weighted by Crippen LogP contribution is -2.09. The Hall–Kier alpha value is -3.33. The zero-order valence-electron chi connectivity index (χ0n) is 11.5. The van der Waals surface area contributed by atoms with Gasteiger partial charge in [0.1, 0.15) is 11.9 Å². The van der Waals surface area contributed by atoms with E-state index in [0.29, 0.717) is 28.4 Å². The van der Waals surface area contributed by atoms with Crippen molar-refractivity contribution in [1.29, 1.82) is 5.26 Å². The molecule has 0 radical (unpaired) electrons. The molecule has 0 saturated heterocycles. The summed E-state index contributed by atoms with van der Waals surface area (Å²) in [6, 6.07) is 14.1. The van der Waals surface area contributed by atoms with E-state index in [9.17, 15) is 4.79 Å². The topological polar surface area (TPSA) is 105 Å². The first-order valence-corrected chi connectivity index (χ1v) is 6.59. The Labute approximate surface area is 126 Å². The van der Waals surface area contributed by atoms with Crippen molar-refractivity contribution >= 4 is 28.4 Å². The van der Waals surface area contributed by atoms with Crippen molar-refractivity contribution in [2.45, 2.75) is 6.42 Å². The summed E-state index contributed by atoms with van der Waals surface area (Å²) in [6.07, 6.45) is -0.188. The fourth-order valence-electron chi connectivity index (χ4n) is 2.07. The van der Waals surface area contributed by atoms with E-state index in [-0.39, 0.29) is 12.3 Å². The number of amides is 1. The number of nitriles is 1. The molecule has 0 fully saturated rings. The van der Waals surface area contributed by atoms with Gasteiger partial charge in [0, 0.05) is 16.9 Å². The molecular weight excluding hydrogens is 280 g/mol. The minimum atomic E-state index is -0.356. The van der Waals surface area contributed by atoms with Crippen LogP contribution >= 0.6 is 0 Å². The Morgan fingerprint density at radius 2 is 2.18 bits per heavy atom. The second-order valence-corrected chi connectivity index (χ2v) is 4.71. The number of carbonyl (C=O) groups excluding carboxylic acids is 1. The van der Waals surface area contributed by atoms with Crippen molar-refractivity contribution in [3.05, 3.63) is 42.5 Å². The van der Waals surface area contributed by atoms with Crippen LogP contribution in [-0.4, -0.2) is 10.9 Å². The third-order valence-electron chi connectivity index (χ3n) is 3.04. The maximum atomic E-state index is 11.5. The lowest BCUT2D eigenvalue weighted by Gasteiger charge is -2.03. The number of anilines is 2. The van der Waals surface area contributed by atoms with E-state index in [0.717, 1.165) is 5.56 Å². The number of nitrogens with one attached hydrogen (secondary N) is 1. The predicted molar refractivity (Wildman–Crippen MR) is 82.7 cm³/mol. The van der Waals surface area contributed by atoms with Crippen molar-refractivity contribution < 1.29 is 9.21 Å². The van der Waals surface area contributed by atoms with Gasteiger partial charge < -0.3 is 15.5 Å². The quantitative estimate of drug-likeness (QED) is 0.722. The van der Waals surface area contributed by atoms with Crippen LogP contribution in [0, 0.1) is 11.3 Å². The molecule has 6 nitrogen and oxygen atoms in total. The second kappa shape index (κ2) is 5.58. The van der Waals surface area contributed by atoms with Crippen LogP contribution in [0.4, 0.5) is 11.4 Å². The Kier molecular flexibility index (Phi) is 3.46. The Morgan fingerprint density at radius 1 is 1.32 bits per heavy atom. The molecule has 108 valence electrons. The first-order valence-electron chi connectivity index (χ1n) is 6.59. The number of nitrogens with two attached hydrogens (primary N) is 1. The lowest BCUT2D eigenvalue weighted by molar-refractivity contribution is -0.115. The van der Waals surface area contributed by atoms with Gasteiger partial charge in [-0.25, -0.2) is 4.98 Å². The van der Waals surface area contributed by atoms with Gasteiger partial charge in [0.05, 0.1) is 6.07 Å². The largest absolute Gasteiger partial charge is 0.436 e. The van der Waals surface area contributed by atoms with Crippen LogP contribution in [0.15, 0.2) is 46.9 Å². The van der Waals surface area contributed by atoms with Gasteiger partial charge >= 0.3 is 0 Å². The lowest BCUT2D eigenvalue weighted by atomic mass is 10.2. The minimum absolute atomic E-state index is 0.188. The Bertz CT molecular complexity index is 893. The zero-order chi connectivity index (χ0) is 15.5. The van der Waals surface area contributed by atoms with Crippen LogP contribution in [-0.2, 0) is 4.79 Å². The van der Waals surface area contributed by atoms with E-state index in [1.807, 2.05) is 6.07 Å². The van der Waals surface area contributed by atoms with Gasteiger partial charge in [-0.1, -0.05) is 6.07 Å². The first kappa shape index (κ1) is 13.6. The summed E-state index contributed by atoms with van der Waals surface area (Å²) in [5.74, 6) is 0.0852. The van der Waals surface area contributed by atoms with Gasteiger partial charge in [0.15, 0.2) is 5.58 Å². The van der Waals surface area contributed by atoms with Crippen molar-refractivity contribution in [2.75, 3.05) is 11.1 Å². The number of benzene rings is 2. The average Bonchev–Trinajstić information content (AvgIpc) is 2.90. The van der Waals surface area contributed by atoms with E-state index in [4.69, 9.17) is 15.4 Å². The summed E-state index contributed by atoms with van der Waals surface area (Å²) >= 11 is 0. The van der Waals surface area contributed by atoms with Gasteiger partial charge in [0.2, 0.25) is 11.8 Å². The SMILES string of the molecule is N#CCC(=O)Nc1cccc(-c2nc3cc(N)ccc3o2)c1. The summed E-state index contributed by atoms with van der Waals surface area (Å²) < 4.78 is 5.68. The third kappa shape index (κ3) is 2.74. The predicted octanol–water partition coefficient (Wildman–Crippen LogP) is 2.93. The molecule has 0 bridgehead atoms. The smallest absolute Gasteiger partial charge is 0.238 e. The molecule has 3 aromatic rings. The van der Waals surface area contributed by atoms with Crippen molar-refractivity contribution in [1.82, 2.24) is 4.98 Å². The van der Waals surface area contributed by atoms with Crippen LogP contribution in [0.2, 0.25) is 0 Å². The molecular formula is C16H12N4O2. The standard InChI is InChI=1S/C16H12N4O2/c17-7-6-15(21)19-12-3-1-2-10(8-12)16-20-13-9-11(18)4-5-14(13)22-16/h1-5,8-9H,6,18H2,(H,19,21). The number of aromatic nitrogens is 1. The van der Waals surface area contributed by atoms with Crippen LogP contribution < -0.4 is 11.1 Å². The number of hydrogen-bond donors (Lipinski definition) is 2. The van der Waals surface area contributed by atoms with Crippen LogP contribution in [0.5, 0.6) is 0 Å². The normalized spacial score (nSPS) is 10.3. The number of hydrogen-bond acceptors (Lipinski definition) is 5. The summed E-state index contributed by atoms with van der Waals surface area (Å²) in [5, 5.41) is 11.1. The fraction of sp³-hybridized carbons (Fsp3) is 0.0625. The molecule has 0 aliphatic heterocycles. The molecule has 3 rings (SSSR count). The van der Waals surface area contributed by atoms with Crippen molar-refractivity contribution in [3.63, 3.8) is 0 Å². The number of nitrogens with zero attached hydrogens (tertiary/aromatic N) is 2. The van der Waals surface area contributed by atoms with Gasteiger partial charge in [-0.15, -0.1) is 0 Å². The molecule has 0 aliphatic rings. The van der Waals surface area contributed by atoms with E-state index in [2.05, 4.69) is 10.3 Å². The highest BCUT2D eigenvalue weighted by Gasteiger charge is 2.10. The molecule has 0 spiro atoms. The number of nitrogen functional groups attached to an aromatic ring is 1. The van der Waals surface area contributed by atoms with Crippen molar-refractivity contribution in [3.8, 4) is 17.5 Å². The second-order valence-electron chi connectivity index (χ2n) is 4.71. The number of oxazole rings is 1. The monoisotopic (exact) mass is 292 g/mol. The molecule has 22 heavy (non-hydrogen) atoms. The van der Waals surface area contributed by atoms with Gasteiger partial charge in [0.25, 0.3) is 0 Å². The Balaban J connectivity index is 1.93. The molecule has 1 aromatic heterocycles. The highest BCUT2D eigenvalue weighted by molar-refractivity contribution is 5.92. The molecule has 0 atom stereocenters. The maximum Gasteiger partial charge on any atom is 0.238 e. The van der Waals surface area contributed by atoms with E-state index in [1.165, 1.54) is 0 Å². The molecule has 1 amide bonds. The van der Waals surface area contributed by atoms with Crippen LogP contribution in [0.3, 0.4) is 0 Å². The summed E-state index contributed by atoms with van der Waals surface area (Å²) in [4.78, 5) is 15.8. The zero-order valence-corrected chi connectivity index (χ0v) is 11.5. The molecule has 1 heterocycles. The third-order valence-corrected chi connectivity index (χ3v) is 3.04. The van der Waals surface area contributed by atoms with E-state index >= 15 is 0 Å². The fourth-order valence-corrected chi connectivity index (χ4v) is 2.07. The number of rotatable bonds is 3. The molecule has 0 unspecified atom stereocenters. The highest BCUT2D eigenvalue weighted by atomic mass is 16.3. The summed E-state index contributed by atoms with van der Waals surface area (Å²) in [5.41, 5.74) is 8.97. The average molecular weight is 292 g/mol. The molecule has 3 N–H and O–H groups in total. The highest BCUT2D eigenvalue weighted by Crippen LogP contribution is 2.27. The molecule has 0 saturated carbocycles. The van der Waals surface area contributed by atoms with Crippen LogP contribution in [0.1, 0.15) is 6.42 Å². The first-order chi connectivity index (χ1) is 10.7.